The van der Waals surface area contributed by atoms with Gasteiger partial charge >= 0.3 is 0 Å². The number of benzene rings is 1. The lowest BCUT2D eigenvalue weighted by molar-refractivity contribution is 0.122. The van der Waals surface area contributed by atoms with Crippen molar-refractivity contribution in [1.29, 1.82) is 0 Å². The molecule has 2 nitrogen and oxygen atoms in total. The Morgan fingerprint density at radius 1 is 1.26 bits per heavy atom. The molecule has 0 heterocycles. The second-order valence-corrected chi connectivity index (χ2v) is 6.89. The summed E-state index contributed by atoms with van der Waals surface area (Å²) in [6, 6.07) is 6.68. The van der Waals surface area contributed by atoms with E-state index in [0.29, 0.717) is 17.2 Å². The van der Waals surface area contributed by atoms with Gasteiger partial charge in [-0.05, 0) is 50.6 Å². The number of hydrogen-bond donors (Lipinski definition) is 1. The molecule has 0 amide bonds. The highest BCUT2D eigenvalue weighted by Crippen LogP contribution is 2.37. The smallest absolute Gasteiger partial charge is 0.122 e. The third-order valence-corrected chi connectivity index (χ3v) is 4.67. The van der Waals surface area contributed by atoms with Crippen molar-refractivity contribution in [3.05, 3.63) is 29.3 Å². The van der Waals surface area contributed by atoms with E-state index in [2.05, 4.69) is 25.8 Å². The molecule has 0 spiro atoms. The summed E-state index contributed by atoms with van der Waals surface area (Å²) in [6.07, 6.45) is 5.16. The number of aromatic hydroxyl groups is 1. The molecule has 0 saturated heterocycles. The molecular formula is C17H27NO. The van der Waals surface area contributed by atoms with Crippen LogP contribution in [0.1, 0.15) is 50.7 Å². The van der Waals surface area contributed by atoms with Crippen LogP contribution in [0.5, 0.6) is 5.75 Å². The second-order valence-electron chi connectivity index (χ2n) is 6.89. The predicted octanol–water partition coefficient (Wildman–Crippen LogP) is 4.10. The second kappa shape index (κ2) is 5.54. The number of phenols is 1. The summed E-state index contributed by atoms with van der Waals surface area (Å²) in [4.78, 5) is 2.41. The van der Waals surface area contributed by atoms with Gasteiger partial charge in [0.1, 0.15) is 5.75 Å². The number of para-hydroxylation sites is 1. The lowest BCUT2D eigenvalue weighted by Crippen LogP contribution is -2.36. The molecule has 19 heavy (non-hydrogen) atoms. The van der Waals surface area contributed by atoms with E-state index < -0.39 is 0 Å². The molecule has 106 valence electrons. The minimum Gasteiger partial charge on any atom is -0.507 e. The van der Waals surface area contributed by atoms with Gasteiger partial charge in [-0.25, -0.2) is 0 Å². The van der Waals surface area contributed by atoms with Crippen molar-refractivity contribution < 1.29 is 5.11 Å². The van der Waals surface area contributed by atoms with Crippen molar-refractivity contribution in [2.75, 3.05) is 7.05 Å². The summed E-state index contributed by atoms with van der Waals surface area (Å²) in [5.74, 6) is 0.463. The third kappa shape index (κ3) is 3.50. The Balaban J connectivity index is 1.98. The molecule has 1 N–H and O–H groups in total. The molecule has 1 aliphatic rings. The van der Waals surface area contributed by atoms with Crippen molar-refractivity contribution >= 4 is 0 Å². The molecule has 1 aromatic rings. The summed E-state index contributed by atoms with van der Waals surface area (Å²) >= 11 is 0. The minimum absolute atomic E-state index is 0.463. The van der Waals surface area contributed by atoms with Crippen LogP contribution in [0.2, 0.25) is 0 Å². The Hall–Kier alpha value is -1.02. The zero-order valence-corrected chi connectivity index (χ0v) is 12.7. The van der Waals surface area contributed by atoms with E-state index in [4.69, 9.17) is 0 Å². The topological polar surface area (TPSA) is 23.5 Å². The minimum atomic E-state index is 0.463. The standard InChI is InChI=1S/C17H27NO/c1-13-6-5-7-14(16(13)19)12-18(4)15-8-10-17(2,3)11-9-15/h5-7,15,19H,8-12H2,1-4H3. The van der Waals surface area contributed by atoms with Gasteiger partial charge in [0.25, 0.3) is 0 Å². The van der Waals surface area contributed by atoms with Gasteiger partial charge in [-0.2, -0.15) is 0 Å². The Morgan fingerprint density at radius 3 is 2.53 bits per heavy atom. The Morgan fingerprint density at radius 2 is 1.89 bits per heavy atom. The van der Waals surface area contributed by atoms with Gasteiger partial charge in [-0.3, -0.25) is 4.90 Å². The molecule has 1 aliphatic carbocycles. The van der Waals surface area contributed by atoms with Crippen molar-refractivity contribution in [1.82, 2.24) is 4.90 Å². The molecule has 2 rings (SSSR count). The average Bonchev–Trinajstić information content (AvgIpc) is 2.35. The van der Waals surface area contributed by atoms with Crippen LogP contribution in [0.25, 0.3) is 0 Å². The van der Waals surface area contributed by atoms with Crippen LogP contribution in [0.4, 0.5) is 0 Å². The molecule has 0 aromatic heterocycles. The summed E-state index contributed by atoms with van der Waals surface area (Å²) in [5, 5.41) is 10.1. The normalized spacial score (nSPS) is 19.8. The van der Waals surface area contributed by atoms with Gasteiger partial charge in [0, 0.05) is 18.2 Å². The van der Waals surface area contributed by atoms with Crippen LogP contribution in [0, 0.1) is 12.3 Å². The van der Waals surface area contributed by atoms with Crippen molar-refractivity contribution in [2.24, 2.45) is 5.41 Å². The molecule has 0 bridgehead atoms. The SMILES string of the molecule is Cc1cccc(CN(C)C2CCC(C)(C)CC2)c1O. The first kappa shape index (κ1) is 14.4. The van der Waals surface area contributed by atoms with Crippen molar-refractivity contribution in [2.45, 2.75) is 59.0 Å². The fourth-order valence-electron chi connectivity index (χ4n) is 3.07. The first-order chi connectivity index (χ1) is 8.89. The van der Waals surface area contributed by atoms with E-state index >= 15 is 0 Å². The Labute approximate surface area is 117 Å². The van der Waals surface area contributed by atoms with Gasteiger partial charge in [-0.15, -0.1) is 0 Å². The largest absolute Gasteiger partial charge is 0.507 e. The van der Waals surface area contributed by atoms with Crippen molar-refractivity contribution in [3.8, 4) is 5.75 Å². The molecule has 1 aromatic carbocycles. The molecule has 0 aliphatic heterocycles. The van der Waals surface area contributed by atoms with Crippen LogP contribution < -0.4 is 0 Å². The fraction of sp³-hybridized carbons (Fsp3) is 0.647. The van der Waals surface area contributed by atoms with E-state index in [0.717, 1.165) is 17.7 Å². The van der Waals surface area contributed by atoms with Crippen molar-refractivity contribution in [3.63, 3.8) is 0 Å². The van der Waals surface area contributed by atoms with Gasteiger partial charge in [-0.1, -0.05) is 32.0 Å². The number of nitrogens with zero attached hydrogens (tertiary/aromatic N) is 1. The third-order valence-electron chi connectivity index (χ3n) is 4.67. The highest BCUT2D eigenvalue weighted by molar-refractivity contribution is 5.39. The number of hydrogen-bond acceptors (Lipinski definition) is 2. The first-order valence-electron chi connectivity index (χ1n) is 7.37. The maximum absolute atomic E-state index is 10.1. The predicted molar refractivity (Wildman–Crippen MR) is 80.3 cm³/mol. The molecule has 1 saturated carbocycles. The maximum atomic E-state index is 10.1. The molecule has 0 atom stereocenters. The molecular weight excluding hydrogens is 234 g/mol. The molecule has 1 fully saturated rings. The average molecular weight is 261 g/mol. The molecule has 0 radical (unpaired) electrons. The van der Waals surface area contributed by atoms with E-state index in [1.165, 1.54) is 25.7 Å². The number of rotatable bonds is 3. The van der Waals surface area contributed by atoms with Crippen LogP contribution >= 0.6 is 0 Å². The number of phenolic OH excluding ortho intramolecular Hbond substituents is 1. The van der Waals surface area contributed by atoms with Crippen LogP contribution in [-0.4, -0.2) is 23.1 Å². The fourth-order valence-corrected chi connectivity index (χ4v) is 3.07. The Bertz CT molecular complexity index is 429. The maximum Gasteiger partial charge on any atom is 0.122 e. The van der Waals surface area contributed by atoms with E-state index in [1.54, 1.807) is 0 Å². The van der Waals surface area contributed by atoms with Crippen LogP contribution in [0.3, 0.4) is 0 Å². The summed E-state index contributed by atoms with van der Waals surface area (Å²) < 4.78 is 0. The van der Waals surface area contributed by atoms with E-state index in [1.807, 2.05) is 25.1 Å². The quantitative estimate of drug-likeness (QED) is 0.885. The lowest BCUT2D eigenvalue weighted by atomic mass is 9.75. The zero-order chi connectivity index (χ0) is 14.0. The van der Waals surface area contributed by atoms with Crippen LogP contribution in [0.15, 0.2) is 18.2 Å². The summed E-state index contributed by atoms with van der Waals surface area (Å²) in [6.45, 7) is 7.55. The molecule has 2 heteroatoms. The van der Waals surface area contributed by atoms with E-state index in [-0.39, 0.29) is 0 Å². The Kier molecular flexibility index (Phi) is 4.19. The highest BCUT2D eigenvalue weighted by atomic mass is 16.3. The van der Waals surface area contributed by atoms with Gasteiger partial charge in [0.15, 0.2) is 0 Å². The van der Waals surface area contributed by atoms with Gasteiger partial charge in [0.2, 0.25) is 0 Å². The number of aryl methyl sites for hydroxylation is 1. The highest BCUT2D eigenvalue weighted by Gasteiger charge is 2.28. The van der Waals surface area contributed by atoms with E-state index in [9.17, 15) is 5.11 Å². The van der Waals surface area contributed by atoms with Crippen LogP contribution in [-0.2, 0) is 6.54 Å². The monoisotopic (exact) mass is 261 g/mol. The summed E-state index contributed by atoms with van der Waals surface area (Å²) in [7, 11) is 2.19. The molecule has 0 unspecified atom stereocenters. The lowest BCUT2D eigenvalue weighted by Gasteiger charge is -2.38. The first-order valence-corrected chi connectivity index (χ1v) is 7.37. The summed E-state index contributed by atoms with van der Waals surface area (Å²) in [5.41, 5.74) is 2.53. The van der Waals surface area contributed by atoms with Gasteiger partial charge in [0.05, 0.1) is 0 Å². The zero-order valence-electron chi connectivity index (χ0n) is 12.7. The van der Waals surface area contributed by atoms with Gasteiger partial charge < -0.3 is 5.11 Å².